The Morgan fingerprint density at radius 1 is 1.02 bits per heavy atom. The van der Waals surface area contributed by atoms with Crippen molar-refractivity contribution >= 4 is 34.4 Å². The minimum atomic E-state index is -0.542. The molecule has 0 fully saturated rings. The highest BCUT2D eigenvalue weighted by Gasteiger charge is 2.23. The van der Waals surface area contributed by atoms with E-state index in [1.807, 2.05) is 102 Å². The quantitative estimate of drug-likeness (QED) is 0.227. The van der Waals surface area contributed by atoms with Crippen LogP contribution in [0.2, 0.25) is 0 Å². The van der Waals surface area contributed by atoms with E-state index >= 15 is 0 Å². The van der Waals surface area contributed by atoms with E-state index in [9.17, 15) is 4.79 Å². The second kappa shape index (κ2) is 11.3. The first-order chi connectivity index (χ1) is 20.0. The lowest BCUT2D eigenvalue weighted by molar-refractivity contribution is -0.118. The lowest BCUT2D eigenvalue weighted by Crippen LogP contribution is -2.22. The molecular weight excluding hydrogens is 530 g/mol. The number of carbonyl (C=O) groups excluding carboxylic acids is 1. The number of hydrogen-bond donors (Lipinski definition) is 2. The maximum absolute atomic E-state index is 12.5. The van der Waals surface area contributed by atoms with Gasteiger partial charge in [-0.25, -0.2) is 14.5 Å². The summed E-state index contributed by atoms with van der Waals surface area (Å²) in [5.41, 5.74) is 13.8. The third-order valence-corrected chi connectivity index (χ3v) is 7.49. The van der Waals surface area contributed by atoms with Crippen molar-refractivity contribution in [3.8, 4) is 22.5 Å². The highest BCUT2D eigenvalue weighted by atomic mass is 32.1. The summed E-state index contributed by atoms with van der Waals surface area (Å²) < 4.78 is 1.85. The molecule has 0 spiro atoms. The van der Waals surface area contributed by atoms with Crippen molar-refractivity contribution in [3.63, 3.8) is 0 Å². The monoisotopic (exact) mass is 559 g/mol. The first-order valence-corrected chi connectivity index (χ1v) is 14.1. The number of amides is 1. The third kappa shape index (κ3) is 5.58. The lowest BCUT2D eigenvalue weighted by Gasteiger charge is -2.14. The van der Waals surface area contributed by atoms with Crippen molar-refractivity contribution in [2.24, 2.45) is 5.73 Å². The van der Waals surface area contributed by atoms with E-state index in [2.05, 4.69) is 27.3 Å². The molecule has 1 amide bonds. The van der Waals surface area contributed by atoms with E-state index in [0.29, 0.717) is 5.95 Å². The van der Waals surface area contributed by atoms with Gasteiger partial charge in [-0.1, -0.05) is 36.4 Å². The summed E-state index contributed by atoms with van der Waals surface area (Å²) in [6.45, 7) is 0.838. The molecule has 9 heteroatoms. The van der Waals surface area contributed by atoms with Crippen LogP contribution in [0.3, 0.4) is 0 Å². The maximum atomic E-state index is 12.5. The number of rotatable bonds is 9. The number of primary amides is 1. The van der Waals surface area contributed by atoms with E-state index in [1.165, 1.54) is 5.56 Å². The van der Waals surface area contributed by atoms with E-state index < -0.39 is 11.8 Å². The van der Waals surface area contributed by atoms with Gasteiger partial charge in [-0.2, -0.15) is 16.4 Å². The molecule has 0 aliphatic carbocycles. The Hall–Kier alpha value is -4.86. The van der Waals surface area contributed by atoms with Gasteiger partial charge in [-0.15, -0.1) is 0 Å². The molecule has 41 heavy (non-hydrogen) atoms. The van der Waals surface area contributed by atoms with Gasteiger partial charge in [0.25, 0.3) is 0 Å². The van der Waals surface area contributed by atoms with Crippen molar-refractivity contribution in [2.45, 2.75) is 12.5 Å². The van der Waals surface area contributed by atoms with Gasteiger partial charge in [0, 0.05) is 30.2 Å². The van der Waals surface area contributed by atoms with Gasteiger partial charge in [-0.3, -0.25) is 4.79 Å². The van der Waals surface area contributed by atoms with Crippen LogP contribution in [0.1, 0.15) is 22.6 Å². The summed E-state index contributed by atoms with van der Waals surface area (Å²) in [5, 5.41) is 12.2. The summed E-state index contributed by atoms with van der Waals surface area (Å²) in [5.74, 6) is -0.442. The molecule has 6 rings (SSSR count). The molecule has 0 saturated heterocycles. The van der Waals surface area contributed by atoms with Crippen LogP contribution in [0.4, 0.5) is 11.6 Å². The highest BCUT2D eigenvalue weighted by molar-refractivity contribution is 7.08. The Morgan fingerprint density at radius 2 is 1.90 bits per heavy atom. The molecule has 8 nitrogen and oxygen atoms in total. The van der Waals surface area contributed by atoms with Crippen LogP contribution in [0, 0.1) is 0 Å². The average molecular weight is 560 g/mol. The van der Waals surface area contributed by atoms with Gasteiger partial charge in [0.2, 0.25) is 11.9 Å². The Labute approximate surface area is 242 Å². The SMILES string of the molecule is CN(C)Cc1cccc(Nc2nccc(-c3c(-c4cccc(C(C(N)=O)c5ccsc5)c4)nn4ccccc34)n2)c1. The fraction of sp³-hybridized carbons (Fsp3) is 0.125. The molecule has 204 valence electrons. The second-order valence-corrected chi connectivity index (χ2v) is 10.9. The predicted octanol–water partition coefficient (Wildman–Crippen LogP) is 5.94. The molecule has 0 radical (unpaired) electrons. The van der Waals surface area contributed by atoms with Crippen molar-refractivity contribution in [3.05, 3.63) is 119 Å². The molecule has 0 bridgehead atoms. The van der Waals surface area contributed by atoms with Crippen LogP contribution in [-0.4, -0.2) is 44.5 Å². The minimum absolute atomic E-state index is 0.392. The molecule has 3 N–H and O–H groups in total. The number of pyridine rings is 1. The maximum Gasteiger partial charge on any atom is 0.229 e. The standard InChI is InChI=1S/C32H29N7OS/c1-38(2)19-21-7-5-10-25(17-21)35-32-34-14-12-26(36-32)29-27-11-3-4-15-39(27)37-30(29)23-9-6-8-22(18-23)28(31(33)40)24-13-16-41-20-24/h3-18,20,28H,19H2,1-2H3,(H2,33,40)(H,34,35,36). The Morgan fingerprint density at radius 3 is 2.71 bits per heavy atom. The number of thiophene rings is 1. The summed E-state index contributed by atoms with van der Waals surface area (Å²) in [6.07, 6.45) is 3.67. The fourth-order valence-electron chi connectivity index (χ4n) is 5.08. The molecule has 0 aliphatic rings. The van der Waals surface area contributed by atoms with Gasteiger partial charge in [-0.05, 0) is 84.0 Å². The van der Waals surface area contributed by atoms with Gasteiger partial charge < -0.3 is 16.0 Å². The van der Waals surface area contributed by atoms with E-state index in [1.54, 1.807) is 17.5 Å². The molecule has 0 saturated carbocycles. The fourth-order valence-corrected chi connectivity index (χ4v) is 5.76. The normalized spacial score (nSPS) is 12.1. The van der Waals surface area contributed by atoms with E-state index in [0.717, 1.165) is 51.4 Å². The topological polar surface area (TPSA) is 101 Å². The van der Waals surface area contributed by atoms with Gasteiger partial charge in [0.15, 0.2) is 0 Å². The second-order valence-electron chi connectivity index (χ2n) is 10.1. The minimum Gasteiger partial charge on any atom is -0.369 e. The third-order valence-electron chi connectivity index (χ3n) is 6.79. The molecule has 2 aromatic carbocycles. The molecule has 1 atom stereocenters. The van der Waals surface area contributed by atoms with Gasteiger partial charge >= 0.3 is 0 Å². The number of fused-ring (bicyclic) bond motifs is 1. The van der Waals surface area contributed by atoms with Crippen LogP contribution in [-0.2, 0) is 11.3 Å². The first-order valence-electron chi connectivity index (χ1n) is 13.2. The van der Waals surface area contributed by atoms with Crippen LogP contribution in [0.25, 0.3) is 28.0 Å². The number of anilines is 2. The summed E-state index contributed by atoms with van der Waals surface area (Å²) >= 11 is 1.54. The lowest BCUT2D eigenvalue weighted by atomic mass is 9.90. The van der Waals surface area contributed by atoms with Crippen molar-refractivity contribution in [1.29, 1.82) is 0 Å². The molecule has 4 aromatic heterocycles. The Bertz CT molecular complexity index is 1830. The van der Waals surface area contributed by atoms with Crippen LogP contribution in [0.5, 0.6) is 0 Å². The average Bonchev–Trinajstić information content (AvgIpc) is 3.62. The van der Waals surface area contributed by atoms with E-state index in [-0.39, 0.29) is 0 Å². The van der Waals surface area contributed by atoms with Gasteiger partial charge in [0.05, 0.1) is 22.7 Å². The number of nitrogens with zero attached hydrogens (tertiary/aromatic N) is 5. The number of aromatic nitrogens is 4. The van der Waals surface area contributed by atoms with Crippen LogP contribution >= 0.6 is 11.3 Å². The number of nitrogens with one attached hydrogen (secondary N) is 1. The number of carbonyl (C=O) groups is 1. The van der Waals surface area contributed by atoms with E-state index in [4.69, 9.17) is 15.8 Å². The number of hydrogen-bond acceptors (Lipinski definition) is 7. The predicted molar refractivity (Wildman–Crippen MR) is 164 cm³/mol. The van der Waals surface area contributed by atoms with Gasteiger partial charge in [0.1, 0.15) is 5.69 Å². The van der Waals surface area contributed by atoms with Crippen molar-refractivity contribution in [1.82, 2.24) is 24.5 Å². The number of nitrogens with two attached hydrogens (primary N) is 1. The number of benzene rings is 2. The molecule has 4 heterocycles. The summed E-state index contributed by atoms with van der Waals surface area (Å²) in [4.78, 5) is 24.0. The molecular formula is C32H29N7OS. The van der Waals surface area contributed by atoms with Crippen molar-refractivity contribution < 1.29 is 4.79 Å². The Balaban J connectivity index is 1.42. The summed E-state index contributed by atoms with van der Waals surface area (Å²) in [7, 11) is 4.10. The first kappa shape index (κ1) is 26.4. The zero-order valence-electron chi connectivity index (χ0n) is 22.7. The Kier molecular flexibility index (Phi) is 7.28. The summed E-state index contributed by atoms with van der Waals surface area (Å²) in [6, 6.07) is 25.9. The van der Waals surface area contributed by atoms with Crippen molar-refractivity contribution in [2.75, 3.05) is 19.4 Å². The van der Waals surface area contributed by atoms with Crippen LogP contribution in [0.15, 0.2) is 102 Å². The van der Waals surface area contributed by atoms with Crippen LogP contribution < -0.4 is 11.1 Å². The zero-order valence-corrected chi connectivity index (χ0v) is 23.5. The molecule has 1 unspecified atom stereocenters. The smallest absolute Gasteiger partial charge is 0.229 e. The molecule has 0 aliphatic heterocycles. The largest absolute Gasteiger partial charge is 0.369 e. The highest BCUT2D eigenvalue weighted by Crippen LogP contribution is 2.36. The molecule has 6 aromatic rings. The zero-order chi connectivity index (χ0) is 28.3.